The number of likely N-dealkylation sites (N-methyl/N-ethyl adjacent to an activating group) is 2. The van der Waals surface area contributed by atoms with Crippen molar-refractivity contribution in [2.45, 2.75) is 198 Å². The second-order valence-corrected chi connectivity index (χ2v) is 21.8. The first kappa shape index (κ1) is 61.6. The average molecular weight is 1070 g/mol. The van der Waals surface area contributed by atoms with Crippen LogP contribution in [0.15, 0.2) is 35.7 Å². The lowest BCUT2D eigenvalue weighted by atomic mass is 9.82. The number of aliphatic hydroxyl groups excluding tert-OH is 2. The van der Waals surface area contributed by atoms with Gasteiger partial charge in [0.1, 0.15) is 36.8 Å². The number of hydrogen-bond donors (Lipinski definition) is 2. The number of methoxy groups -OCH3 is 1. The van der Waals surface area contributed by atoms with Crippen molar-refractivity contribution < 1.29 is 76.8 Å². The number of aryl methyl sites for hydroxylation is 1. The number of carbonyl (C=O) groups is 5. The number of thiazole rings is 1. The van der Waals surface area contributed by atoms with E-state index in [4.69, 9.17) is 42.6 Å². The zero-order chi connectivity index (χ0) is 55.1. The van der Waals surface area contributed by atoms with Crippen LogP contribution in [-0.4, -0.2) is 182 Å². The molecule has 0 radical (unpaired) electrons. The fraction of sp³-hybridized carbons (Fsp3) is 0.709. The summed E-state index contributed by atoms with van der Waals surface area (Å²) in [6, 6.07) is 7.19. The molecule has 3 saturated heterocycles. The molecule has 0 bridgehead atoms. The summed E-state index contributed by atoms with van der Waals surface area (Å²) in [6.45, 7) is 14.4. The molecule has 1 aromatic heterocycles. The molecule has 16 atom stereocenters. The fourth-order valence-electron chi connectivity index (χ4n) is 10.5. The summed E-state index contributed by atoms with van der Waals surface area (Å²) in [7, 11) is 6.81. The predicted octanol–water partition coefficient (Wildman–Crippen LogP) is 6.06. The van der Waals surface area contributed by atoms with Crippen molar-refractivity contribution >= 4 is 47.6 Å². The first-order chi connectivity index (χ1) is 35.6. The molecule has 75 heavy (non-hydrogen) atoms. The lowest BCUT2D eigenvalue weighted by Gasteiger charge is -2.50. The highest BCUT2D eigenvalue weighted by Gasteiger charge is 2.54. The predicted molar refractivity (Wildman–Crippen MR) is 279 cm³/mol. The molecule has 4 heterocycles. The number of benzene rings is 1. The maximum absolute atomic E-state index is 14.3. The highest BCUT2D eigenvalue weighted by molar-refractivity contribution is 7.09. The maximum Gasteiger partial charge on any atom is 0.309 e. The van der Waals surface area contributed by atoms with E-state index in [1.165, 1.54) is 14.0 Å². The van der Waals surface area contributed by atoms with Crippen LogP contribution in [0.4, 0.5) is 0 Å². The van der Waals surface area contributed by atoms with Gasteiger partial charge in [0.25, 0.3) is 0 Å². The van der Waals surface area contributed by atoms with Crippen LogP contribution in [0.25, 0.3) is 17.3 Å². The number of esters is 4. The Morgan fingerprint density at radius 2 is 1.72 bits per heavy atom. The lowest BCUT2D eigenvalue weighted by Crippen LogP contribution is -2.66. The maximum atomic E-state index is 14.3. The molecule has 0 amide bonds. The number of aromatic nitrogens is 1. The molecular weight excluding hydrogens is 991 g/mol. The van der Waals surface area contributed by atoms with E-state index in [0.717, 1.165) is 28.1 Å². The Kier molecular flexibility index (Phi) is 23.8. The standard InChI is InChI=1S/C55H83N3O16S/c1-13-44(62)70-43-28-46(64)69-40(21-16-19-37-18-15-20-38(27-37)41-31-75-35(6)56-41)22-17-24-58(11)30-42(61)32(3)26-39(23-25-59)51(52(43)66-12)73-54-49(65)48(57(9)10)50(33(4)68-54)72-47-29-55(8,74-36(7)60)53(34(5)67-47)71-45(63)14-2/h15-16,18-20,25,27,31-34,39-40,42-43,47-54,61,65H,13-14,17,21-24,26,28-30H2,1-12H3/b19-16+/t32-,33?,34?,39+,40+,42+,43-,47+,48?,49?,50+,51+,52+,53+,54+,55?/m1/s1. The van der Waals surface area contributed by atoms with Crippen molar-refractivity contribution in [2.75, 3.05) is 41.3 Å². The van der Waals surface area contributed by atoms with Gasteiger partial charge >= 0.3 is 23.9 Å². The number of hydrogen-bond acceptors (Lipinski definition) is 20. The summed E-state index contributed by atoms with van der Waals surface area (Å²) in [5.74, 6) is -3.46. The van der Waals surface area contributed by atoms with E-state index in [1.54, 1.807) is 65.0 Å². The summed E-state index contributed by atoms with van der Waals surface area (Å²) in [5, 5.41) is 27.1. The molecule has 2 N–H and O–H groups in total. The van der Waals surface area contributed by atoms with E-state index in [-0.39, 0.29) is 32.1 Å². The fourth-order valence-corrected chi connectivity index (χ4v) is 11.1. The van der Waals surface area contributed by atoms with E-state index < -0.39 is 127 Å². The first-order valence-electron chi connectivity index (χ1n) is 26.4. The van der Waals surface area contributed by atoms with E-state index in [1.807, 2.05) is 61.5 Å². The molecule has 420 valence electrons. The van der Waals surface area contributed by atoms with Gasteiger partial charge in [-0.3, -0.25) is 19.2 Å². The number of cyclic esters (lactones) is 1. The van der Waals surface area contributed by atoms with Gasteiger partial charge in [0.05, 0.1) is 47.6 Å². The Labute approximate surface area is 446 Å². The Morgan fingerprint density at radius 3 is 2.36 bits per heavy atom. The largest absolute Gasteiger partial charge is 0.462 e. The van der Waals surface area contributed by atoms with E-state index >= 15 is 0 Å². The van der Waals surface area contributed by atoms with Crippen LogP contribution in [0.2, 0.25) is 0 Å². The zero-order valence-corrected chi connectivity index (χ0v) is 46.7. The van der Waals surface area contributed by atoms with Gasteiger partial charge in [-0.05, 0) is 98.1 Å². The van der Waals surface area contributed by atoms with Crippen molar-refractivity contribution in [1.82, 2.24) is 14.8 Å². The van der Waals surface area contributed by atoms with Crippen molar-refractivity contribution in [1.29, 1.82) is 0 Å². The smallest absolute Gasteiger partial charge is 0.309 e. The van der Waals surface area contributed by atoms with Crippen molar-refractivity contribution in [3.63, 3.8) is 0 Å². The third-order valence-electron chi connectivity index (χ3n) is 14.3. The number of carbonyl (C=O) groups excluding carboxylic acids is 5. The first-order valence-corrected chi connectivity index (χ1v) is 27.2. The average Bonchev–Trinajstić information content (AvgIpc) is 3.79. The summed E-state index contributed by atoms with van der Waals surface area (Å²) in [4.78, 5) is 73.5. The summed E-state index contributed by atoms with van der Waals surface area (Å²) >= 11 is 1.59. The van der Waals surface area contributed by atoms with Gasteiger partial charge < -0.3 is 67.4 Å². The Bertz CT molecular complexity index is 2190. The van der Waals surface area contributed by atoms with Crippen LogP contribution in [0, 0.1) is 18.8 Å². The van der Waals surface area contributed by atoms with Crippen LogP contribution in [0.5, 0.6) is 0 Å². The van der Waals surface area contributed by atoms with E-state index in [0.29, 0.717) is 32.4 Å². The number of ether oxygens (including phenoxy) is 9. The summed E-state index contributed by atoms with van der Waals surface area (Å²) in [6.07, 6.45) is -6.40. The van der Waals surface area contributed by atoms with Gasteiger partial charge in [0, 0.05) is 63.6 Å². The van der Waals surface area contributed by atoms with Gasteiger partial charge in [0.15, 0.2) is 24.3 Å². The van der Waals surface area contributed by atoms with Crippen LogP contribution in [-0.2, 0) is 66.6 Å². The molecule has 19 nitrogen and oxygen atoms in total. The third-order valence-corrected chi connectivity index (χ3v) is 15.1. The molecule has 0 saturated carbocycles. The monoisotopic (exact) mass is 1070 g/mol. The SMILES string of the molecule is CCC(=O)O[C@@H]1CC(=O)O[C@@H](C/C=C/c2cccc(-c3csc(C)n3)c2)CCCN(C)C[C@H](O)[C@H](C)C[C@H](CC=O)[C@H](O[C@@H]2OC(C)[C@H](O[C@H]3CC(C)(OC(C)=O)[C@@H](OC(=O)CC)C(C)O3)C(N(C)C)C2O)[C@H]1OC. The number of rotatable bonds is 17. The molecular formula is C55H83N3O16S. The normalized spacial score (nSPS) is 33.9. The number of aldehydes is 1. The molecule has 0 spiro atoms. The lowest BCUT2D eigenvalue weighted by molar-refractivity contribution is -0.344. The Hall–Kier alpha value is -4.22. The third kappa shape index (κ3) is 17.4. The molecule has 5 unspecified atom stereocenters. The summed E-state index contributed by atoms with van der Waals surface area (Å²) < 4.78 is 56.2. The highest BCUT2D eigenvalue weighted by atomic mass is 32.1. The second-order valence-electron chi connectivity index (χ2n) is 20.8. The van der Waals surface area contributed by atoms with Crippen LogP contribution in [0.3, 0.4) is 0 Å². The second kappa shape index (κ2) is 29.0. The molecule has 1 aromatic carbocycles. The van der Waals surface area contributed by atoms with Crippen molar-refractivity contribution in [2.24, 2.45) is 11.8 Å². The molecule has 3 aliphatic heterocycles. The van der Waals surface area contributed by atoms with Crippen molar-refractivity contribution in [3.05, 3.63) is 46.3 Å². The molecule has 2 aromatic rings. The van der Waals surface area contributed by atoms with Gasteiger partial charge in [-0.15, -0.1) is 11.3 Å². The van der Waals surface area contributed by atoms with Crippen LogP contribution >= 0.6 is 11.3 Å². The van der Waals surface area contributed by atoms with E-state index in [2.05, 4.69) is 11.1 Å². The van der Waals surface area contributed by atoms with Gasteiger partial charge in [-0.1, -0.05) is 51.1 Å². The Morgan fingerprint density at radius 1 is 1.00 bits per heavy atom. The van der Waals surface area contributed by atoms with E-state index in [9.17, 15) is 34.2 Å². The topological polar surface area (TPSA) is 228 Å². The van der Waals surface area contributed by atoms with Crippen LogP contribution in [0.1, 0.15) is 117 Å². The minimum absolute atomic E-state index is 0.0247. The molecule has 3 fully saturated rings. The van der Waals surface area contributed by atoms with Crippen molar-refractivity contribution in [3.8, 4) is 11.3 Å². The molecule has 3 aliphatic rings. The number of aliphatic hydroxyl groups is 2. The molecule has 0 aliphatic carbocycles. The summed E-state index contributed by atoms with van der Waals surface area (Å²) in [5.41, 5.74) is 1.51. The van der Waals surface area contributed by atoms with Gasteiger partial charge in [0.2, 0.25) is 0 Å². The number of β-amino-alcohol motifs (C(OH)–C–C–N with tert-alkyl or cyclic N) is 1. The van der Waals surface area contributed by atoms with Crippen LogP contribution < -0.4 is 0 Å². The minimum Gasteiger partial charge on any atom is -0.462 e. The zero-order valence-electron chi connectivity index (χ0n) is 45.9. The quantitative estimate of drug-likeness (QED) is 0.104. The molecule has 5 rings (SSSR count). The van der Waals surface area contributed by atoms with Gasteiger partial charge in [-0.2, -0.15) is 0 Å². The highest BCUT2D eigenvalue weighted by Crippen LogP contribution is 2.39. The van der Waals surface area contributed by atoms with Gasteiger partial charge in [-0.25, -0.2) is 4.98 Å². The molecule has 20 heteroatoms. The number of nitrogens with zero attached hydrogens (tertiary/aromatic N) is 3. The Balaban J connectivity index is 1.45. The minimum atomic E-state index is -1.44.